The summed E-state index contributed by atoms with van der Waals surface area (Å²) in [6.07, 6.45) is 0. The zero-order chi connectivity index (χ0) is 15.7. The van der Waals surface area contributed by atoms with Crippen molar-refractivity contribution in [3.63, 3.8) is 0 Å². The number of carboxylic acids is 1. The van der Waals surface area contributed by atoms with Crippen molar-refractivity contribution in [1.82, 2.24) is 9.97 Å². The first-order valence-corrected chi connectivity index (χ1v) is 7.72. The zero-order valence-corrected chi connectivity index (χ0v) is 14.0. The Bertz CT molecular complexity index is 886. The Hall–Kier alpha value is -1.93. The predicted molar refractivity (Wildman–Crippen MR) is 93.9 cm³/mol. The molecule has 0 unspecified atom stereocenters. The fourth-order valence-electron chi connectivity index (χ4n) is 2.07. The lowest BCUT2D eigenvalue weighted by Gasteiger charge is -2.11. The monoisotopic (exact) mass is 425 g/mol. The SMILES string of the molecule is O=C(O)c1cc(I)ccc1Nc1nc(Cl)nc2ccccc12. The van der Waals surface area contributed by atoms with E-state index >= 15 is 0 Å². The van der Waals surface area contributed by atoms with Crippen LogP contribution in [0.3, 0.4) is 0 Å². The second-order valence-electron chi connectivity index (χ2n) is 4.48. The fraction of sp³-hybridized carbons (Fsp3) is 0. The maximum Gasteiger partial charge on any atom is 0.337 e. The number of fused-ring (bicyclic) bond motifs is 1. The van der Waals surface area contributed by atoms with Crippen LogP contribution >= 0.6 is 34.2 Å². The van der Waals surface area contributed by atoms with Crippen molar-refractivity contribution in [3.8, 4) is 0 Å². The second kappa shape index (κ2) is 6.05. The van der Waals surface area contributed by atoms with E-state index < -0.39 is 5.97 Å². The van der Waals surface area contributed by atoms with Gasteiger partial charge in [-0.2, -0.15) is 4.98 Å². The van der Waals surface area contributed by atoms with Crippen LogP contribution in [-0.2, 0) is 0 Å². The van der Waals surface area contributed by atoms with Crippen LogP contribution in [0, 0.1) is 3.57 Å². The Morgan fingerprint density at radius 2 is 1.95 bits per heavy atom. The summed E-state index contributed by atoms with van der Waals surface area (Å²) in [5.74, 6) is -0.537. The maximum absolute atomic E-state index is 11.4. The summed E-state index contributed by atoms with van der Waals surface area (Å²) in [6.45, 7) is 0. The Morgan fingerprint density at radius 1 is 1.18 bits per heavy atom. The molecule has 110 valence electrons. The van der Waals surface area contributed by atoms with Gasteiger partial charge in [-0.05, 0) is 64.5 Å². The number of carboxylic acid groups (broad SMARTS) is 1. The number of aromatic nitrogens is 2. The number of anilines is 2. The average molecular weight is 426 g/mol. The van der Waals surface area contributed by atoms with Crippen molar-refractivity contribution in [2.24, 2.45) is 0 Å². The first-order valence-electron chi connectivity index (χ1n) is 6.27. The highest BCUT2D eigenvalue weighted by molar-refractivity contribution is 14.1. The quantitative estimate of drug-likeness (QED) is 0.483. The van der Waals surface area contributed by atoms with Crippen LogP contribution in [0.1, 0.15) is 10.4 Å². The smallest absolute Gasteiger partial charge is 0.337 e. The van der Waals surface area contributed by atoms with Gasteiger partial charge in [-0.25, -0.2) is 9.78 Å². The minimum Gasteiger partial charge on any atom is -0.478 e. The van der Waals surface area contributed by atoms with Crippen molar-refractivity contribution in [2.45, 2.75) is 0 Å². The number of hydrogen-bond donors (Lipinski definition) is 2. The number of aromatic carboxylic acids is 1. The van der Waals surface area contributed by atoms with E-state index in [1.807, 2.05) is 30.3 Å². The number of nitrogens with zero attached hydrogens (tertiary/aromatic N) is 2. The summed E-state index contributed by atoms with van der Waals surface area (Å²) >= 11 is 8.01. The van der Waals surface area contributed by atoms with Crippen molar-refractivity contribution < 1.29 is 9.90 Å². The second-order valence-corrected chi connectivity index (χ2v) is 6.06. The third-order valence-electron chi connectivity index (χ3n) is 3.04. The molecule has 3 aromatic rings. The van der Waals surface area contributed by atoms with Crippen LogP contribution in [0.4, 0.5) is 11.5 Å². The Kier molecular flexibility index (Phi) is 4.12. The molecule has 0 bridgehead atoms. The zero-order valence-electron chi connectivity index (χ0n) is 11.0. The largest absolute Gasteiger partial charge is 0.478 e. The summed E-state index contributed by atoms with van der Waals surface area (Å²) in [5, 5.41) is 13.2. The van der Waals surface area contributed by atoms with Gasteiger partial charge in [0.15, 0.2) is 0 Å². The molecule has 5 nitrogen and oxygen atoms in total. The Balaban J connectivity index is 2.13. The molecule has 3 rings (SSSR count). The van der Waals surface area contributed by atoms with Crippen LogP contribution in [0.15, 0.2) is 42.5 Å². The number of hydrogen-bond acceptors (Lipinski definition) is 4. The van der Waals surface area contributed by atoms with Crippen LogP contribution in [0.25, 0.3) is 10.9 Å². The number of benzene rings is 2. The molecular formula is C15H9ClIN3O2. The van der Waals surface area contributed by atoms with Gasteiger partial charge in [-0.1, -0.05) is 12.1 Å². The van der Waals surface area contributed by atoms with Gasteiger partial charge in [-0.15, -0.1) is 0 Å². The number of halogens is 2. The van der Waals surface area contributed by atoms with E-state index in [1.54, 1.807) is 12.1 Å². The maximum atomic E-state index is 11.4. The molecule has 0 aliphatic carbocycles. The van der Waals surface area contributed by atoms with Gasteiger partial charge in [-0.3, -0.25) is 0 Å². The fourth-order valence-corrected chi connectivity index (χ4v) is 2.74. The molecule has 22 heavy (non-hydrogen) atoms. The van der Waals surface area contributed by atoms with Gasteiger partial charge in [0.1, 0.15) is 5.82 Å². The molecule has 2 N–H and O–H groups in total. The van der Waals surface area contributed by atoms with Crippen LogP contribution in [0.2, 0.25) is 5.28 Å². The molecule has 0 atom stereocenters. The molecule has 0 fully saturated rings. The van der Waals surface area contributed by atoms with E-state index in [-0.39, 0.29) is 10.8 Å². The Labute approximate surface area is 144 Å². The number of rotatable bonds is 3. The van der Waals surface area contributed by atoms with Gasteiger partial charge in [0, 0.05) is 8.96 Å². The average Bonchev–Trinajstić information content (AvgIpc) is 2.48. The van der Waals surface area contributed by atoms with E-state index in [2.05, 4.69) is 37.9 Å². The van der Waals surface area contributed by atoms with Crippen molar-refractivity contribution in [2.75, 3.05) is 5.32 Å². The van der Waals surface area contributed by atoms with Gasteiger partial charge < -0.3 is 10.4 Å². The van der Waals surface area contributed by atoms with Crippen molar-refractivity contribution >= 4 is 62.6 Å². The molecule has 0 amide bonds. The van der Waals surface area contributed by atoms with Gasteiger partial charge >= 0.3 is 5.97 Å². The van der Waals surface area contributed by atoms with Gasteiger partial charge in [0.2, 0.25) is 5.28 Å². The molecule has 0 spiro atoms. The molecule has 0 saturated heterocycles. The number of carbonyl (C=O) groups is 1. The molecule has 0 radical (unpaired) electrons. The van der Waals surface area contributed by atoms with Gasteiger partial charge in [0.25, 0.3) is 0 Å². The lowest BCUT2D eigenvalue weighted by molar-refractivity contribution is 0.0698. The number of nitrogens with one attached hydrogen (secondary N) is 1. The number of para-hydroxylation sites is 1. The van der Waals surface area contributed by atoms with Crippen LogP contribution in [0.5, 0.6) is 0 Å². The minimum absolute atomic E-state index is 0.101. The van der Waals surface area contributed by atoms with Gasteiger partial charge in [0.05, 0.1) is 16.8 Å². The highest BCUT2D eigenvalue weighted by Crippen LogP contribution is 2.27. The first kappa shape index (κ1) is 15.0. The molecule has 0 aliphatic heterocycles. The molecule has 0 aliphatic rings. The highest BCUT2D eigenvalue weighted by Gasteiger charge is 2.13. The van der Waals surface area contributed by atoms with E-state index in [0.29, 0.717) is 17.0 Å². The molecule has 7 heteroatoms. The summed E-state index contributed by atoms with van der Waals surface area (Å²) in [6, 6.07) is 12.5. The molecule has 0 saturated carbocycles. The first-order chi connectivity index (χ1) is 10.5. The van der Waals surface area contributed by atoms with Crippen molar-refractivity contribution in [3.05, 3.63) is 56.9 Å². The molecular weight excluding hydrogens is 417 g/mol. The van der Waals surface area contributed by atoms with Crippen molar-refractivity contribution in [1.29, 1.82) is 0 Å². The third-order valence-corrected chi connectivity index (χ3v) is 3.88. The summed E-state index contributed by atoms with van der Waals surface area (Å²) in [7, 11) is 0. The topological polar surface area (TPSA) is 75.1 Å². The summed E-state index contributed by atoms with van der Waals surface area (Å²) in [4.78, 5) is 19.7. The Morgan fingerprint density at radius 3 is 2.73 bits per heavy atom. The standard InChI is InChI=1S/C15H9ClIN3O2/c16-15-19-11-4-2-1-3-9(11)13(20-15)18-12-6-5-8(17)7-10(12)14(21)22/h1-7H,(H,21,22)(H,18,19,20). The lowest BCUT2D eigenvalue weighted by atomic mass is 10.1. The highest BCUT2D eigenvalue weighted by atomic mass is 127. The van der Waals surface area contributed by atoms with E-state index in [0.717, 1.165) is 8.96 Å². The summed E-state index contributed by atoms with van der Waals surface area (Å²) in [5.41, 5.74) is 1.31. The van der Waals surface area contributed by atoms with E-state index in [4.69, 9.17) is 11.6 Å². The van der Waals surface area contributed by atoms with E-state index in [9.17, 15) is 9.90 Å². The molecule has 2 aromatic carbocycles. The van der Waals surface area contributed by atoms with Crippen LogP contribution < -0.4 is 5.32 Å². The normalized spacial score (nSPS) is 10.6. The van der Waals surface area contributed by atoms with E-state index in [1.165, 1.54) is 0 Å². The minimum atomic E-state index is -1.01. The van der Waals surface area contributed by atoms with Crippen LogP contribution in [-0.4, -0.2) is 21.0 Å². The molecule has 1 aromatic heterocycles. The predicted octanol–water partition coefficient (Wildman–Crippen LogP) is 4.33. The molecule has 1 heterocycles. The third kappa shape index (κ3) is 2.97. The lowest BCUT2D eigenvalue weighted by Crippen LogP contribution is -2.05. The summed E-state index contributed by atoms with van der Waals surface area (Å²) < 4.78 is 0.839.